The molecule has 1 aromatic carbocycles. The van der Waals surface area contributed by atoms with Gasteiger partial charge in [0, 0.05) is 12.9 Å². The van der Waals surface area contributed by atoms with Gasteiger partial charge < -0.3 is 14.8 Å². The van der Waals surface area contributed by atoms with Crippen LogP contribution in [0.15, 0.2) is 23.1 Å². The third kappa shape index (κ3) is 3.63. The maximum atomic E-state index is 12.0. The van der Waals surface area contributed by atoms with E-state index in [-0.39, 0.29) is 16.1 Å². The molecular weight excluding hydrogens is 310 g/mol. The van der Waals surface area contributed by atoms with Crippen molar-refractivity contribution in [1.29, 1.82) is 0 Å². The average molecular weight is 327 g/mol. The first-order valence-electron chi connectivity index (χ1n) is 6.68. The molecule has 8 heteroatoms. The first-order chi connectivity index (χ1) is 10.3. The van der Waals surface area contributed by atoms with Crippen molar-refractivity contribution >= 4 is 27.4 Å². The van der Waals surface area contributed by atoms with E-state index in [2.05, 4.69) is 10.1 Å². The van der Waals surface area contributed by atoms with Crippen molar-refractivity contribution in [3.63, 3.8) is 0 Å². The highest BCUT2D eigenvalue weighted by Crippen LogP contribution is 2.24. The van der Waals surface area contributed by atoms with Crippen LogP contribution in [0.2, 0.25) is 0 Å². The summed E-state index contributed by atoms with van der Waals surface area (Å²) in [6.07, 6.45) is 1.82. The molecule has 1 saturated heterocycles. The van der Waals surface area contributed by atoms with Gasteiger partial charge in [-0.3, -0.25) is 4.79 Å². The Morgan fingerprint density at radius 2 is 2.09 bits per heavy atom. The van der Waals surface area contributed by atoms with Crippen LogP contribution in [0.4, 0.5) is 5.69 Å². The highest BCUT2D eigenvalue weighted by atomic mass is 32.2. The van der Waals surface area contributed by atoms with Gasteiger partial charge in [-0.25, -0.2) is 13.2 Å². The molecule has 1 atom stereocenters. The molecule has 1 aliphatic heterocycles. The predicted octanol–water partition coefficient (Wildman–Crippen LogP) is 0.994. The number of ether oxygens (including phenoxy) is 2. The molecule has 0 radical (unpaired) electrons. The average Bonchev–Trinajstić information content (AvgIpc) is 3.00. The lowest BCUT2D eigenvalue weighted by Gasteiger charge is -2.14. The van der Waals surface area contributed by atoms with Gasteiger partial charge in [0.1, 0.15) is 6.10 Å². The van der Waals surface area contributed by atoms with Gasteiger partial charge in [0.05, 0.1) is 23.3 Å². The Hall–Kier alpha value is -1.93. The third-order valence-corrected chi connectivity index (χ3v) is 4.42. The third-order valence-electron chi connectivity index (χ3n) is 3.28. The smallest absolute Gasteiger partial charge is 0.337 e. The molecule has 1 aromatic rings. The number of hydrogen-bond donors (Lipinski definition) is 1. The summed E-state index contributed by atoms with van der Waals surface area (Å²) in [6, 6.07) is 3.95. The van der Waals surface area contributed by atoms with Gasteiger partial charge in [0.2, 0.25) is 0 Å². The zero-order chi connectivity index (χ0) is 16.3. The quantitative estimate of drug-likeness (QED) is 0.828. The molecule has 1 aliphatic rings. The van der Waals surface area contributed by atoms with E-state index in [1.54, 1.807) is 0 Å². The van der Waals surface area contributed by atoms with E-state index in [0.717, 1.165) is 12.7 Å². The number of rotatable bonds is 4. The van der Waals surface area contributed by atoms with Crippen LogP contribution in [0.1, 0.15) is 23.2 Å². The number of hydrogen-bond acceptors (Lipinski definition) is 6. The molecule has 0 saturated carbocycles. The van der Waals surface area contributed by atoms with Gasteiger partial charge in [-0.05, 0) is 31.0 Å². The Balaban J connectivity index is 2.34. The van der Waals surface area contributed by atoms with E-state index in [9.17, 15) is 18.0 Å². The summed E-state index contributed by atoms with van der Waals surface area (Å²) in [6.45, 7) is 0.512. The van der Waals surface area contributed by atoms with Gasteiger partial charge in [-0.2, -0.15) is 0 Å². The molecular formula is C14H17NO6S. The standard InChI is InChI=1S/C14H17NO6S/c1-20-14(17)9-5-6-10(12(8-9)22(2,18)19)15-13(16)11-4-3-7-21-11/h5-6,8,11H,3-4,7H2,1-2H3,(H,15,16)/t11-/m1/s1. The number of methoxy groups -OCH3 is 1. The van der Waals surface area contributed by atoms with E-state index >= 15 is 0 Å². The first kappa shape index (κ1) is 16.4. The summed E-state index contributed by atoms with van der Waals surface area (Å²) in [4.78, 5) is 23.4. The first-order valence-corrected chi connectivity index (χ1v) is 8.57. The van der Waals surface area contributed by atoms with Crippen LogP contribution in [-0.4, -0.2) is 46.4 Å². The molecule has 0 unspecified atom stereocenters. The maximum absolute atomic E-state index is 12.0. The fraction of sp³-hybridized carbons (Fsp3) is 0.429. The summed E-state index contributed by atoms with van der Waals surface area (Å²) in [5, 5.41) is 2.55. The molecule has 0 bridgehead atoms. The summed E-state index contributed by atoms with van der Waals surface area (Å²) >= 11 is 0. The Labute approximate surface area is 128 Å². The van der Waals surface area contributed by atoms with Crippen molar-refractivity contribution in [3.05, 3.63) is 23.8 Å². The van der Waals surface area contributed by atoms with Crippen molar-refractivity contribution in [2.24, 2.45) is 0 Å². The summed E-state index contributed by atoms with van der Waals surface area (Å²) in [5.74, 6) is -1.05. The van der Waals surface area contributed by atoms with Gasteiger partial charge in [0.25, 0.3) is 5.91 Å². The van der Waals surface area contributed by atoms with E-state index in [4.69, 9.17) is 4.74 Å². The Morgan fingerprint density at radius 1 is 1.36 bits per heavy atom. The minimum absolute atomic E-state index is 0.0954. The molecule has 1 fully saturated rings. The molecule has 0 aliphatic carbocycles. The molecule has 22 heavy (non-hydrogen) atoms. The van der Waals surface area contributed by atoms with Crippen LogP contribution >= 0.6 is 0 Å². The molecule has 1 N–H and O–H groups in total. The fourth-order valence-electron chi connectivity index (χ4n) is 2.17. The largest absolute Gasteiger partial charge is 0.465 e. The Bertz CT molecular complexity index is 691. The number of anilines is 1. The molecule has 0 spiro atoms. The van der Waals surface area contributed by atoms with E-state index in [1.807, 2.05) is 0 Å². The van der Waals surface area contributed by atoms with Crippen LogP contribution in [0.3, 0.4) is 0 Å². The predicted molar refractivity (Wildman–Crippen MR) is 78.5 cm³/mol. The fourth-order valence-corrected chi connectivity index (χ4v) is 3.03. The number of amides is 1. The van der Waals surface area contributed by atoms with Crippen LogP contribution in [-0.2, 0) is 24.1 Å². The van der Waals surface area contributed by atoms with Gasteiger partial charge in [-0.1, -0.05) is 0 Å². The lowest BCUT2D eigenvalue weighted by Crippen LogP contribution is -2.27. The Morgan fingerprint density at radius 3 is 2.64 bits per heavy atom. The lowest BCUT2D eigenvalue weighted by molar-refractivity contribution is -0.124. The second-order valence-electron chi connectivity index (χ2n) is 4.97. The Kier molecular flexibility index (Phi) is 4.82. The molecule has 2 rings (SSSR count). The molecule has 120 valence electrons. The SMILES string of the molecule is COC(=O)c1ccc(NC(=O)[C@H]2CCCO2)c(S(C)(=O)=O)c1. The zero-order valence-electron chi connectivity index (χ0n) is 12.3. The van der Waals surface area contributed by atoms with Crippen molar-refractivity contribution < 1.29 is 27.5 Å². The van der Waals surface area contributed by atoms with Gasteiger partial charge in [0.15, 0.2) is 9.84 Å². The van der Waals surface area contributed by atoms with Crippen LogP contribution in [0.5, 0.6) is 0 Å². The van der Waals surface area contributed by atoms with Crippen LogP contribution < -0.4 is 5.32 Å². The number of sulfone groups is 1. The number of benzene rings is 1. The second kappa shape index (κ2) is 6.45. The van der Waals surface area contributed by atoms with E-state index < -0.39 is 27.8 Å². The zero-order valence-corrected chi connectivity index (χ0v) is 13.1. The second-order valence-corrected chi connectivity index (χ2v) is 6.95. The monoisotopic (exact) mass is 327 g/mol. The lowest BCUT2D eigenvalue weighted by atomic mass is 10.2. The molecule has 1 heterocycles. The van der Waals surface area contributed by atoms with E-state index in [1.165, 1.54) is 25.3 Å². The summed E-state index contributed by atoms with van der Waals surface area (Å²) < 4.78 is 33.6. The molecule has 0 aromatic heterocycles. The molecule has 1 amide bonds. The molecule has 7 nitrogen and oxygen atoms in total. The number of nitrogens with one attached hydrogen (secondary N) is 1. The maximum Gasteiger partial charge on any atom is 0.337 e. The highest BCUT2D eigenvalue weighted by molar-refractivity contribution is 7.90. The van der Waals surface area contributed by atoms with Crippen molar-refractivity contribution in [3.8, 4) is 0 Å². The number of carbonyl (C=O) groups excluding carboxylic acids is 2. The van der Waals surface area contributed by atoms with Crippen LogP contribution in [0, 0.1) is 0 Å². The summed E-state index contributed by atoms with van der Waals surface area (Å²) in [7, 11) is -2.43. The van der Waals surface area contributed by atoms with Crippen molar-refractivity contribution in [1.82, 2.24) is 0 Å². The van der Waals surface area contributed by atoms with Crippen molar-refractivity contribution in [2.75, 3.05) is 25.3 Å². The highest BCUT2D eigenvalue weighted by Gasteiger charge is 2.25. The summed E-state index contributed by atoms with van der Waals surface area (Å²) in [5.41, 5.74) is 0.216. The number of carbonyl (C=O) groups is 2. The minimum Gasteiger partial charge on any atom is -0.465 e. The van der Waals surface area contributed by atoms with Gasteiger partial charge in [-0.15, -0.1) is 0 Å². The van der Waals surface area contributed by atoms with Crippen molar-refractivity contribution in [2.45, 2.75) is 23.8 Å². The topological polar surface area (TPSA) is 98.8 Å². The van der Waals surface area contributed by atoms with Crippen LogP contribution in [0.25, 0.3) is 0 Å². The van der Waals surface area contributed by atoms with Gasteiger partial charge >= 0.3 is 5.97 Å². The number of esters is 1. The normalized spacial score (nSPS) is 18.0. The van der Waals surface area contributed by atoms with E-state index in [0.29, 0.717) is 13.0 Å². The minimum atomic E-state index is -3.63.